The van der Waals surface area contributed by atoms with Crippen molar-refractivity contribution in [2.24, 2.45) is 5.92 Å². The summed E-state index contributed by atoms with van der Waals surface area (Å²) in [6.07, 6.45) is 1.27. The van der Waals surface area contributed by atoms with E-state index in [1.54, 1.807) is 13.8 Å². The topological polar surface area (TPSA) is 145 Å². The molecule has 0 fully saturated rings. The number of aliphatic hydroxyl groups excluding tert-OH is 2. The van der Waals surface area contributed by atoms with E-state index in [0.29, 0.717) is 19.4 Å². The van der Waals surface area contributed by atoms with Crippen LogP contribution >= 0.6 is 0 Å². The lowest BCUT2D eigenvalue weighted by Gasteiger charge is -2.20. The maximum absolute atomic E-state index is 11.9. The second-order valence-corrected chi connectivity index (χ2v) is 5.73. The third-order valence-corrected chi connectivity index (χ3v) is 3.53. The van der Waals surface area contributed by atoms with Crippen molar-refractivity contribution < 1.29 is 29.4 Å². The molecule has 0 aromatic carbocycles. The summed E-state index contributed by atoms with van der Waals surface area (Å²) in [4.78, 5) is 46.9. The molecule has 0 aromatic heterocycles. The van der Waals surface area contributed by atoms with E-state index in [-0.39, 0.29) is 37.8 Å². The fourth-order valence-electron chi connectivity index (χ4n) is 2.10. The minimum Gasteiger partial charge on any atom is -0.396 e. The van der Waals surface area contributed by atoms with Crippen LogP contribution in [0.3, 0.4) is 0 Å². The first-order valence-electron chi connectivity index (χ1n) is 9.43. The number of carbonyl (C=O) groups excluding carboxylic acids is 4. The molecule has 0 saturated carbocycles. The summed E-state index contributed by atoms with van der Waals surface area (Å²) in [5.41, 5.74) is 0. The highest BCUT2D eigenvalue weighted by Crippen LogP contribution is 2.07. The number of hydrogen-bond donors (Lipinski definition) is 5. The molecule has 5 N–H and O–H groups in total. The monoisotopic (exact) mass is 389 g/mol. The number of unbranched alkanes of at least 4 members (excludes halogenated alkanes) is 1. The molecule has 3 amide bonds. The second-order valence-electron chi connectivity index (χ2n) is 5.73. The zero-order valence-electron chi connectivity index (χ0n) is 16.8. The summed E-state index contributed by atoms with van der Waals surface area (Å²) in [7, 11) is 0. The van der Waals surface area contributed by atoms with Gasteiger partial charge in [0.1, 0.15) is 6.61 Å². The van der Waals surface area contributed by atoms with Crippen LogP contribution in [0.2, 0.25) is 0 Å². The number of amides is 3. The van der Waals surface area contributed by atoms with Gasteiger partial charge in [0.25, 0.3) is 0 Å². The van der Waals surface area contributed by atoms with Crippen LogP contribution in [0.5, 0.6) is 0 Å². The molecule has 0 heterocycles. The van der Waals surface area contributed by atoms with E-state index in [0.717, 1.165) is 0 Å². The molecule has 0 bridgehead atoms. The predicted octanol–water partition coefficient (Wildman–Crippen LogP) is -0.500. The van der Waals surface area contributed by atoms with Gasteiger partial charge in [0.05, 0.1) is 12.6 Å². The minimum absolute atomic E-state index is 0.00249. The molecule has 0 aliphatic heterocycles. The van der Waals surface area contributed by atoms with Crippen LogP contribution in [-0.2, 0) is 19.2 Å². The number of ketones is 1. The van der Waals surface area contributed by atoms with Gasteiger partial charge in [0.2, 0.25) is 17.7 Å². The van der Waals surface area contributed by atoms with Crippen molar-refractivity contribution in [3.8, 4) is 0 Å². The third kappa shape index (κ3) is 13.8. The van der Waals surface area contributed by atoms with E-state index >= 15 is 0 Å². The van der Waals surface area contributed by atoms with Crippen LogP contribution in [0.4, 0.5) is 0 Å². The van der Waals surface area contributed by atoms with E-state index in [1.807, 2.05) is 13.8 Å². The van der Waals surface area contributed by atoms with E-state index in [1.165, 1.54) is 0 Å². The van der Waals surface area contributed by atoms with Gasteiger partial charge in [-0.1, -0.05) is 20.8 Å². The molecular weight excluding hydrogens is 354 g/mol. The van der Waals surface area contributed by atoms with Crippen molar-refractivity contribution in [1.82, 2.24) is 16.0 Å². The summed E-state index contributed by atoms with van der Waals surface area (Å²) in [6.45, 7) is 6.80. The lowest BCUT2D eigenvalue weighted by atomic mass is 9.98. The van der Waals surface area contributed by atoms with Crippen LogP contribution in [0.25, 0.3) is 0 Å². The molecular formula is C18H35N3O6. The van der Waals surface area contributed by atoms with E-state index in [4.69, 9.17) is 10.2 Å². The molecule has 0 aromatic rings. The van der Waals surface area contributed by atoms with E-state index < -0.39 is 30.3 Å². The molecule has 0 rings (SSSR count). The van der Waals surface area contributed by atoms with Crippen molar-refractivity contribution in [1.29, 1.82) is 0 Å². The van der Waals surface area contributed by atoms with Gasteiger partial charge < -0.3 is 26.2 Å². The van der Waals surface area contributed by atoms with Gasteiger partial charge in [-0.15, -0.1) is 0 Å². The van der Waals surface area contributed by atoms with E-state index in [9.17, 15) is 19.2 Å². The standard InChI is InChI=1S/C16H29N3O6.C2H6/c1-3-17-16(25)11(2)8-12(13(22)10-21)19-15(24)9-18-14(23)6-4-5-7-20;1-2/h11-12,20-21H,3-10H2,1-2H3,(H,17,25)(H,18,23)(H,19,24);1-2H3/t11-,12?;/m0./s1. The van der Waals surface area contributed by atoms with Gasteiger partial charge in [-0.05, 0) is 26.2 Å². The van der Waals surface area contributed by atoms with Gasteiger partial charge in [0, 0.05) is 25.5 Å². The highest BCUT2D eigenvalue weighted by Gasteiger charge is 2.25. The fourth-order valence-corrected chi connectivity index (χ4v) is 2.10. The van der Waals surface area contributed by atoms with Crippen LogP contribution in [0, 0.1) is 5.92 Å². The molecule has 0 aliphatic carbocycles. The minimum atomic E-state index is -0.999. The third-order valence-electron chi connectivity index (χ3n) is 3.53. The van der Waals surface area contributed by atoms with Crippen LogP contribution in [-0.4, -0.2) is 66.1 Å². The number of Topliss-reactive ketones (excluding diaryl/α,β-unsaturated/α-hetero) is 1. The highest BCUT2D eigenvalue weighted by atomic mass is 16.3. The molecule has 2 atom stereocenters. The molecule has 0 aliphatic rings. The Morgan fingerprint density at radius 2 is 1.59 bits per heavy atom. The number of carbonyl (C=O) groups is 4. The molecule has 0 spiro atoms. The average Bonchev–Trinajstić information content (AvgIpc) is 2.67. The Kier molecular flexibility index (Phi) is 17.6. The lowest BCUT2D eigenvalue weighted by Crippen LogP contribution is -2.48. The molecule has 0 radical (unpaired) electrons. The van der Waals surface area contributed by atoms with Gasteiger partial charge >= 0.3 is 0 Å². The second kappa shape index (κ2) is 17.4. The van der Waals surface area contributed by atoms with Gasteiger partial charge in [-0.25, -0.2) is 0 Å². The maximum atomic E-state index is 11.9. The molecule has 1 unspecified atom stereocenters. The normalized spacial score (nSPS) is 12.1. The Balaban J connectivity index is 0. The summed E-state index contributed by atoms with van der Waals surface area (Å²) >= 11 is 0. The number of aliphatic hydroxyl groups is 2. The van der Waals surface area contributed by atoms with Crippen molar-refractivity contribution in [2.45, 2.75) is 59.4 Å². The first-order chi connectivity index (χ1) is 12.8. The van der Waals surface area contributed by atoms with Gasteiger partial charge in [0.15, 0.2) is 5.78 Å². The molecule has 9 nitrogen and oxygen atoms in total. The lowest BCUT2D eigenvalue weighted by molar-refractivity contribution is -0.131. The zero-order chi connectivity index (χ0) is 21.2. The average molecular weight is 389 g/mol. The smallest absolute Gasteiger partial charge is 0.239 e. The van der Waals surface area contributed by atoms with Crippen molar-refractivity contribution >= 4 is 23.5 Å². The van der Waals surface area contributed by atoms with Crippen molar-refractivity contribution in [2.75, 3.05) is 26.3 Å². The van der Waals surface area contributed by atoms with Gasteiger partial charge in [-0.3, -0.25) is 19.2 Å². The number of nitrogens with one attached hydrogen (secondary N) is 3. The molecule has 0 saturated heterocycles. The van der Waals surface area contributed by atoms with Crippen LogP contribution < -0.4 is 16.0 Å². The first-order valence-corrected chi connectivity index (χ1v) is 9.43. The predicted molar refractivity (Wildman–Crippen MR) is 102 cm³/mol. The molecule has 27 heavy (non-hydrogen) atoms. The SMILES string of the molecule is CC.CCNC(=O)[C@@H](C)CC(NC(=O)CNC(=O)CCCCO)C(=O)CO. The Morgan fingerprint density at radius 1 is 0.963 bits per heavy atom. The maximum Gasteiger partial charge on any atom is 0.239 e. The quantitative estimate of drug-likeness (QED) is 0.269. The zero-order valence-corrected chi connectivity index (χ0v) is 16.8. The van der Waals surface area contributed by atoms with Crippen molar-refractivity contribution in [3.05, 3.63) is 0 Å². The summed E-state index contributed by atoms with van der Waals surface area (Å²) in [5, 5.41) is 25.1. The first kappa shape index (κ1) is 27.2. The Morgan fingerprint density at radius 3 is 2.11 bits per heavy atom. The van der Waals surface area contributed by atoms with E-state index in [2.05, 4.69) is 16.0 Å². The number of hydrogen-bond acceptors (Lipinski definition) is 6. The molecule has 158 valence electrons. The summed E-state index contributed by atoms with van der Waals surface area (Å²) in [5.74, 6) is -2.27. The largest absolute Gasteiger partial charge is 0.396 e. The summed E-state index contributed by atoms with van der Waals surface area (Å²) < 4.78 is 0. The Hall–Kier alpha value is -2.00. The van der Waals surface area contributed by atoms with Crippen LogP contribution in [0.1, 0.15) is 53.4 Å². The fraction of sp³-hybridized carbons (Fsp3) is 0.778. The Bertz CT molecular complexity index is 456. The van der Waals surface area contributed by atoms with Gasteiger partial charge in [-0.2, -0.15) is 0 Å². The van der Waals surface area contributed by atoms with Crippen molar-refractivity contribution in [3.63, 3.8) is 0 Å². The Labute approximate surface area is 161 Å². The van der Waals surface area contributed by atoms with Crippen LogP contribution in [0.15, 0.2) is 0 Å². The highest BCUT2D eigenvalue weighted by molar-refractivity contribution is 5.92. The summed E-state index contributed by atoms with van der Waals surface area (Å²) in [6, 6.07) is -0.999. The number of rotatable bonds is 13. The molecule has 9 heteroatoms.